The van der Waals surface area contributed by atoms with E-state index in [0.717, 1.165) is 72.3 Å². The highest BCUT2D eigenvalue weighted by Gasteiger charge is 2.25. The van der Waals surface area contributed by atoms with Crippen molar-refractivity contribution in [1.29, 1.82) is 0 Å². The minimum absolute atomic E-state index is 0.0357. The lowest BCUT2D eigenvalue weighted by molar-refractivity contribution is -0.121. The fraction of sp³-hybridized carbons (Fsp3) is 0.414. The van der Waals surface area contributed by atoms with Crippen molar-refractivity contribution in [3.05, 3.63) is 54.1 Å². The lowest BCUT2D eigenvalue weighted by Gasteiger charge is -2.25. The standard InChI is InChI=1S/C29H34N4O2/c1-18-5-3-7-21(15-18)28(34)30-23-11-9-20(10-12-23)27-32-25-14-13-24(17-26(25)33-27)31-29(35)22-8-4-6-19(2)16-22/h6,9-14,17-18,21-22H,3-5,7-8,15-16H2,1-2H3,(H,30,34)(H,31,35)(H,32,33). The molecule has 1 fully saturated rings. The van der Waals surface area contributed by atoms with Gasteiger partial charge in [0.25, 0.3) is 0 Å². The second-order valence-electron chi connectivity index (χ2n) is 10.4. The smallest absolute Gasteiger partial charge is 0.227 e. The van der Waals surface area contributed by atoms with E-state index in [1.54, 1.807) is 0 Å². The van der Waals surface area contributed by atoms with Crippen LogP contribution >= 0.6 is 0 Å². The molecule has 2 aliphatic carbocycles. The quantitative estimate of drug-likeness (QED) is 0.364. The highest BCUT2D eigenvalue weighted by Crippen LogP contribution is 2.30. The molecule has 2 aromatic carbocycles. The molecule has 1 aromatic heterocycles. The zero-order valence-corrected chi connectivity index (χ0v) is 20.6. The minimum Gasteiger partial charge on any atom is -0.338 e. The molecule has 0 aliphatic heterocycles. The van der Waals surface area contributed by atoms with Crippen LogP contribution in [0.4, 0.5) is 11.4 Å². The number of nitrogens with one attached hydrogen (secondary N) is 3. The van der Waals surface area contributed by atoms with E-state index in [2.05, 4.69) is 35.5 Å². The fourth-order valence-corrected chi connectivity index (χ4v) is 5.43. The van der Waals surface area contributed by atoms with E-state index in [4.69, 9.17) is 4.98 Å². The topological polar surface area (TPSA) is 86.9 Å². The van der Waals surface area contributed by atoms with Crippen molar-refractivity contribution >= 4 is 34.2 Å². The number of allylic oxidation sites excluding steroid dienone is 2. The summed E-state index contributed by atoms with van der Waals surface area (Å²) in [4.78, 5) is 33.4. The van der Waals surface area contributed by atoms with E-state index < -0.39 is 0 Å². The number of aromatic amines is 1. The number of benzene rings is 2. The number of carbonyl (C=O) groups is 2. The van der Waals surface area contributed by atoms with Gasteiger partial charge in [0.05, 0.1) is 11.0 Å². The van der Waals surface area contributed by atoms with Crippen molar-refractivity contribution in [1.82, 2.24) is 9.97 Å². The Morgan fingerprint density at radius 2 is 1.69 bits per heavy atom. The first-order valence-electron chi connectivity index (χ1n) is 12.8. The Balaban J connectivity index is 1.25. The lowest BCUT2D eigenvalue weighted by atomic mass is 9.82. The normalized spacial score (nSPS) is 22.5. The van der Waals surface area contributed by atoms with Gasteiger partial charge >= 0.3 is 0 Å². The average Bonchev–Trinajstić information content (AvgIpc) is 3.28. The van der Waals surface area contributed by atoms with Gasteiger partial charge in [0.2, 0.25) is 11.8 Å². The Kier molecular flexibility index (Phi) is 6.71. The Hall–Kier alpha value is -3.41. The summed E-state index contributed by atoms with van der Waals surface area (Å²) in [6.07, 6.45) is 9.23. The number of hydrogen-bond acceptors (Lipinski definition) is 3. The van der Waals surface area contributed by atoms with Gasteiger partial charge in [0, 0.05) is 28.8 Å². The maximum Gasteiger partial charge on any atom is 0.227 e. The number of H-pyrrole nitrogens is 1. The van der Waals surface area contributed by atoms with Gasteiger partial charge in [-0.3, -0.25) is 9.59 Å². The molecule has 35 heavy (non-hydrogen) atoms. The van der Waals surface area contributed by atoms with Crippen LogP contribution in [0.3, 0.4) is 0 Å². The molecule has 2 aliphatic rings. The van der Waals surface area contributed by atoms with Crippen molar-refractivity contribution in [2.24, 2.45) is 17.8 Å². The molecule has 6 nitrogen and oxygen atoms in total. The third kappa shape index (κ3) is 5.47. The van der Waals surface area contributed by atoms with Crippen molar-refractivity contribution in [2.75, 3.05) is 10.6 Å². The summed E-state index contributed by atoms with van der Waals surface area (Å²) in [5.41, 5.74) is 5.55. The van der Waals surface area contributed by atoms with Gasteiger partial charge in [0.15, 0.2) is 0 Å². The number of imidazole rings is 1. The molecule has 0 radical (unpaired) electrons. The molecule has 0 bridgehead atoms. The van der Waals surface area contributed by atoms with Crippen LogP contribution in [-0.4, -0.2) is 21.8 Å². The first-order chi connectivity index (χ1) is 16.9. The molecule has 5 rings (SSSR count). The number of aromatic nitrogens is 2. The van der Waals surface area contributed by atoms with Gasteiger partial charge in [0.1, 0.15) is 5.82 Å². The van der Waals surface area contributed by atoms with Crippen LogP contribution in [0.1, 0.15) is 58.8 Å². The average molecular weight is 471 g/mol. The second kappa shape index (κ2) is 10.1. The van der Waals surface area contributed by atoms with Crippen molar-refractivity contribution in [3.63, 3.8) is 0 Å². The van der Waals surface area contributed by atoms with Gasteiger partial charge in [-0.05, 0) is 87.4 Å². The maximum atomic E-state index is 12.7. The summed E-state index contributed by atoms with van der Waals surface area (Å²) >= 11 is 0. The Labute approximate surface area is 206 Å². The number of carbonyl (C=O) groups excluding carboxylic acids is 2. The van der Waals surface area contributed by atoms with E-state index in [0.29, 0.717) is 5.92 Å². The molecule has 3 atom stereocenters. The summed E-state index contributed by atoms with van der Waals surface area (Å²) in [7, 11) is 0. The van der Waals surface area contributed by atoms with Crippen LogP contribution in [0, 0.1) is 17.8 Å². The molecule has 182 valence electrons. The number of nitrogens with zero attached hydrogens (tertiary/aromatic N) is 1. The maximum absolute atomic E-state index is 12.7. The molecule has 1 heterocycles. The predicted octanol–water partition coefficient (Wildman–Crippen LogP) is 6.68. The van der Waals surface area contributed by atoms with E-state index in [1.165, 1.54) is 12.0 Å². The van der Waals surface area contributed by atoms with Crippen LogP contribution in [-0.2, 0) is 9.59 Å². The van der Waals surface area contributed by atoms with Gasteiger partial charge in [-0.15, -0.1) is 0 Å². The van der Waals surface area contributed by atoms with Gasteiger partial charge < -0.3 is 15.6 Å². The zero-order valence-electron chi connectivity index (χ0n) is 20.6. The Morgan fingerprint density at radius 1 is 0.943 bits per heavy atom. The highest BCUT2D eigenvalue weighted by atomic mass is 16.2. The van der Waals surface area contributed by atoms with Crippen LogP contribution in [0.5, 0.6) is 0 Å². The lowest BCUT2D eigenvalue weighted by Crippen LogP contribution is -2.27. The molecule has 3 unspecified atom stereocenters. The highest BCUT2D eigenvalue weighted by molar-refractivity contribution is 5.95. The zero-order chi connectivity index (χ0) is 24.4. The summed E-state index contributed by atoms with van der Waals surface area (Å²) in [6.45, 7) is 4.32. The van der Waals surface area contributed by atoms with Crippen LogP contribution in [0.15, 0.2) is 54.1 Å². The number of amides is 2. The van der Waals surface area contributed by atoms with Crippen molar-refractivity contribution < 1.29 is 9.59 Å². The molecule has 3 aromatic rings. The Bertz CT molecular complexity index is 1260. The van der Waals surface area contributed by atoms with Crippen LogP contribution < -0.4 is 10.6 Å². The SMILES string of the molecule is CC1=CCCC(C(=O)Nc2ccc3nc(-c4ccc(NC(=O)C5CCCC(C)C5)cc4)[nH]c3c2)C1. The number of hydrogen-bond donors (Lipinski definition) is 3. The second-order valence-corrected chi connectivity index (χ2v) is 10.4. The predicted molar refractivity (Wildman–Crippen MR) is 141 cm³/mol. The molecule has 0 saturated heterocycles. The molecule has 1 saturated carbocycles. The largest absolute Gasteiger partial charge is 0.338 e. The first-order valence-corrected chi connectivity index (χ1v) is 12.8. The summed E-state index contributed by atoms with van der Waals surface area (Å²) in [5.74, 6) is 1.74. The van der Waals surface area contributed by atoms with E-state index >= 15 is 0 Å². The summed E-state index contributed by atoms with van der Waals surface area (Å²) < 4.78 is 0. The Morgan fingerprint density at radius 3 is 2.46 bits per heavy atom. The van der Waals surface area contributed by atoms with E-state index in [1.807, 2.05) is 42.5 Å². The minimum atomic E-state index is 0.0357. The number of anilines is 2. The summed E-state index contributed by atoms with van der Waals surface area (Å²) in [6, 6.07) is 13.6. The fourth-order valence-electron chi connectivity index (χ4n) is 5.43. The first kappa shape index (κ1) is 23.3. The summed E-state index contributed by atoms with van der Waals surface area (Å²) in [5, 5.41) is 6.15. The third-order valence-corrected chi connectivity index (χ3v) is 7.43. The number of rotatable bonds is 5. The molecule has 0 spiro atoms. The van der Waals surface area contributed by atoms with E-state index in [-0.39, 0.29) is 23.7 Å². The molecule has 2 amide bonds. The molecule has 3 N–H and O–H groups in total. The molecular formula is C29H34N4O2. The molecule has 6 heteroatoms. The number of fused-ring (bicyclic) bond motifs is 1. The van der Waals surface area contributed by atoms with Gasteiger partial charge in [-0.2, -0.15) is 0 Å². The van der Waals surface area contributed by atoms with Gasteiger partial charge in [-0.25, -0.2) is 4.98 Å². The van der Waals surface area contributed by atoms with Gasteiger partial charge in [-0.1, -0.05) is 31.4 Å². The van der Waals surface area contributed by atoms with Crippen LogP contribution in [0.25, 0.3) is 22.4 Å². The third-order valence-electron chi connectivity index (χ3n) is 7.43. The molecular weight excluding hydrogens is 436 g/mol. The van der Waals surface area contributed by atoms with Crippen molar-refractivity contribution in [2.45, 2.75) is 58.8 Å². The van der Waals surface area contributed by atoms with Crippen LogP contribution in [0.2, 0.25) is 0 Å². The van der Waals surface area contributed by atoms with Crippen molar-refractivity contribution in [3.8, 4) is 11.4 Å². The van der Waals surface area contributed by atoms with E-state index in [9.17, 15) is 9.59 Å². The monoisotopic (exact) mass is 470 g/mol.